The van der Waals surface area contributed by atoms with Crippen molar-refractivity contribution in [3.05, 3.63) is 57.0 Å². The Labute approximate surface area is 209 Å². The number of aromatic nitrogens is 2. The Morgan fingerprint density at radius 2 is 1.82 bits per heavy atom. The summed E-state index contributed by atoms with van der Waals surface area (Å²) in [6.07, 6.45) is 6.05. The first-order valence-corrected chi connectivity index (χ1v) is 13.0. The Hall–Kier alpha value is -2.23. The second-order valence-corrected chi connectivity index (χ2v) is 10.2. The first-order valence-electron chi connectivity index (χ1n) is 12.2. The number of hydrogen-bond donors (Lipinski definition) is 2. The fourth-order valence-corrected chi connectivity index (χ4v) is 5.21. The molecule has 0 radical (unpaired) electrons. The highest BCUT2D eigenvalue weighted by Crippen LogP contribution is 2.25. The number of carbonyl (C=O) groups excluding carboxylic acids is 1. The van der Waals surface area contributed by atoms with Crippen LogP contribution >= 0.6 is 15.9 Å². The molecule has 2 fully saturated rings. The average Bonchev–Trinajstić information content (AvgIpc) is 3.37. The molecule has 2 aromatic rings. The summed E-state index contributed by atoms with van der Waals surface area (Å²) < 4.78 is 1.84. The van der Waals surface area contributed by atoms with Gasteiger partial charge in [0.25, 0.3) is 5.56 Å². The standard InChI is InChI=1S/C25H34BrN5O3/c26-22-23(27-12-17-29-13-4-5-14-29)28-19-31(24(22)33)18-25(34)10-15-30(16-11-25)21(32)9-8-20-6-2-1-3-7-20/h1-3,6-7,19,27,34H,4-5,8-18H2. The summed E-state index contributed by atoms with van der Waals surface area (Å²) in [6, 6.07) is 9.98. The molecular weight excluding hydrogens is 498 g/mol. The van der Waals surface area contributed by atoms with E-state index in [1.165, 1.54) is 23.7 Å². The number of nitrogens with zero attached hydrogens (tertiary/aromatic N) is 4. The quantitative estimate of drug-likeness (QED) is 0.516. The second-order valence-electron chi connectivity index (χ2n) is 9.41. The van der Waals surface area contributed by atoms with Crippen molar-refractivity contribution in [2.75, 3.05) is 44.6 Å². The highest BCUT2D eigenvalue weighted by Gasteiger charge is 2.34. The zero-order valence-electron chi connectivity index (χ0n) is 19.6. The first-order chi connectivity index (χ1) is 16.4. The van der Waals surface area contributed by atoms with Crippen molar-refractivity contribution in [2.24, 2.45) is 0 Å². The minimum Gasteiger partial charge on any atom is -0.388 e. The Morgan fingerprint density at radius 3 is 2.53 bits per heavy atom. The van der Waals surface area contributed by atoms with Crippen LogP contribution in [0.3, 0.4) is 0 Å². The van der Waals surface area contributed by atoms with E-state index < -0.39 is 5.60 Å². The van der Waals surface area contributed by atoms with Gasteiger partial charge in [-0.15, -0.1) is 0 Å². The lowest BCUT2D eigenvalue weighted by Crippen LogP contribution is -2.49. The third-order valence-electron chi connectivity index (χ3n) is 6.88. The van der Waals surface area contributed by atoms with Crippen molar-refractivity contribution in [3.8, 4) is 0 Å². The summed E-state index contributed by atoms with van der Waals surface area (Å²) in [5.74, 6) is 0.642. The fourth-order valence-electron chi connectivity index (χ4n) is 4.74. The largest absolute Gasteiger partial charge is 0.388 e. The van der Waals surface area contributed by atoms with Crippen molar-refractivity contribution in [1.82, 2.24) is 19.4 Å². The lowest BCUT2D eigenvalue weighted by molar-refractivity contribution is -0.135. The van der Waals surface area contributed by atoms with Crippen LogP contribution in [0.2, 0.25) is 0 Å². The van der Waals surface area contributed by atoms with Crippen LogP contribution in [0.1, 0.15) is 37.7 Å². The number of nitrogens with one attached hydrogen (secondary N) is 1. The van der Waals surface area contributed by atoms with Gasteiger partial charge in [0.05, 0.1) is 12.1 Å². The molecule has 0 bridgehead atoms. The van der Waals surface area contributed by atoms with Crippen molar-refractivity contribution >= 4 is 27.7 Å². The van der Waals surface area contributed by atoms with E-state index in [9.17, 15) is 14.7 Å². The molecule has 0 aliphatic carbocycles. The maximum absolute atomic E-state index is 12.9. The molecule has 8 nitrogen and oxygen atoms in total. The summed E-state index contributed by atoms with van der Waals surface area (Å²) in [7, 11) is 0. The van der Waals surface area contributed by atoms with Gasteiger partial charge < -0.3 is 20.2 Å². The molecule has 2 saturated heterocycles. The number of amides is 1. The van der Waals surface area contributed by atoms with E-state index in [2.05, 4.69) is 31.1 Å². The van der Waals surface area contributed by atoms with Gasteiger partial charge in [-0.25, -0.2) is 4.98 Å². The van der Waals surface area contributed by atoms with Gasteiger partial charge in [-0.2, -0.15) is 0 Å². The van der Waals surface area contributed by atoms with E-state index in [0.717, 1.165) is 31.7 Å². The Kier molecular flexibility index (Phi) is 8.39. The summed E-state index contributed by atoms with van der Waals surface area (Å²) in [6.45, 7) is 5.06. The van der Waals surface area contributed by atoms with Crippen LogP contribution in [0.25, 0.3) is 0 Å². The van der Waals surface area contributed by atoms with E-state index in [1.54, 1.807) is 0 Å². The number of carbonyl (C=O) groups is 1. The molecule has 184 valence electrons. The molecule has 4 rings (SSSR count). The average molecular weight is 532 g/mol. The Bertz CT molecular complexity index is 1010. The SMILES string of the molecule is O=C(CCc1ccccc1)N1CCC(O)(Cn2cnc(NCCN3CCCC3)c(Br)c2=O)CC1. The van der Waals surface area contributed by atoms with Crippen molar-refractivity contribution < 1.29 is 9.90 Å². The highest BCUT2D eigenvalue weighted by atomic mass is 79.9. The van der Waals surface area contributed by atoms with Gasteiger partial charge in [0.2, 0.25) is 5.91 Å². The van der Waals surface area contributed by atoms with Crippen LogP contribution < -0.4 is 10.9 Å². The monoisotopic (exact) mass is 531 g/mol. The topological polar surface area (TPSA) is 90.7 Å². The number of anilines is 1. The van der Waals surface area contributed by atoms with Gasteiger partial charge in [-0.1, -0.05) is 30.3 Å². The van der Waals surface area contributed by atoms with Gasteiger partial charge in [0, 0.05) is 32.6 Å². The van der Waals surface area contributed by atoms with Gasteiger partial charge in [-0.3, -0.25) is 14.2 Å². The lowest BCUT2D eigenvalue weighted by Gasteiger charge is -2.38. The van der Waals surface area contributed by atoms with Crippen LogP contribution in [0.15, 0.2) is 45.9 Å². The highest BCUT2D eigenvalue weighted by molar-refractivity contribution is 9.10. The number of likely N-dealkylation sites (tertiary alicyclic amines) is 2. The third kappa shape index (κ3) is 6.46. The van der Waals surface area contributed by atoms with Crippen LogP contribution in [0, 0.1) is 0 Å². The predicted molar refractivity (Wildman–Crippen MR) is 136 cm³/mol. The summed E-state index contributed by atoms with van der Waals surface area (Å²) in [4.78, 5) is 34.1. The zero-order chi connectivity index (χ0) is 24.0. The van der Waals surface area contributed by atoms with E-state index in [0.29, 0.717) is 49.1 Å². The minimum atomic E-state index is -1.04. The minimum absolute atomic E-state index is 0.108. The van der Waals surface area contributed by atoms with Crippen LogP contribution in [-0.2, 0) is 17.8 Å². The number of benzene rings is 1. The maximum Gasteiger partial charge on any atom is 0.269 e. The fraction of sp³-hybridized carbons (Fsp3) is 0.560. The van der Waals surface area contributed by atoms with Gasteiger partial charge in [0.15, 0.2) is 0 Å². The Balaban J connectivity index is 1.27. The predicted octanol–water partition coefficient (Wildman–Crippen LogP) is 2.50. The van der Waals surface area contributed by atoms with Gasteiger partial charge in [-0.05, 0) is 66.7 Å². The number of hydrogen-bond acceptors (Lipinski definition) is 6. The second kappa shape index (κ2) is 11.5. The van der Waals surface area contributed by atoms with E-state index in [4.69, 9.17) is 0 Å². The van der Waals surface area contributed by atoms with Crippen molar-refractivity contribution in [1.29, 1.82) is 0 Å². The summed E-state index contributed by atoms with van der Waals surface area (Å²) >= 11 is 3.39. The molecule has 2 aliphatic heterocycles. The normalized spacial score (nSPS) is 18.2. The molecule has 0 saturated carbocycles. The molecule has 2 aliphatic rings. The van der Waals surface area contributed by atoms with Crippen molar-refractivity contribution in [2.45, 2.75) is 50.7 Å². The van der Waals surface area contributed by atoms with Crippen LogP contribution in [0.5, 0.6) is 0 Å². The molecular formula is C25H34BrN5O3. The zero-order valence-corrected chi connectivity index (χ0v) is 21.2. The molecule has 0 spiro atoms. The molecule has 0 unspecified atom stereocenters. The molecule has 1 aromatic carbocycles. The first kappa shape index (κ1) is 24.9. The van der Waals surface area contributed by atoms with E-state index in [-0.39, 0.29) is 18.0 Å². The molecule has 1 aromatic heterocycles. The smallest absolute Gasteiger partial charge is 0.269 e. The van der Waals surface area contributed by atoms with Crippen LogP contribution in [-0.4, -0.2) is 75.2 Å². The number of halogens is 1. The lowest BCUT2D eigenvalue weighted by atomic mass is 9.91. The number of rotatable bonds is 9. The van der Waals surface area contributed by atoms with E-state index >= 15 is 0 Å². The van der Waals surface area contributed by atoms with E-state index in [1.807, 2.05) is 35.2 Å². The van der Waals surface area contributed by atoms with Gasteiger partial charge in [0.1, 0.15) is 16.6 Å². The molecule has 3 heterocycles. The number of piperidine rings is 1. The summed E-state index contributed by atoms with van der Waals surface area (Å²) in [5.41, 5.74) is -0.101. The maximum atomic E-state index is 12.9. The molecule has 0 atom stereocenters. The molecule has 1 amide bonds. The molecule has 9 heteroatoms. The number of aryl methyl sites for hydroxylation is 1. The summed E-state index contributed by atoms with van der Waals surface area (Å²) in [5, 5.41) is 14.4. The third-order valence-corrected chi connectivity index (χ3v) is 7.60. The number of aliphatic hydroxyl groups is 1. The Morgan fingerprint density at radius 1 is 1.12 bits per heavy atom. The van der Waals surface area contributed by atoms with Crippen molar-refractivity contribution in [3.63, 3.8) is 0 Å². The van der Waals surface area contributed by atoms with Gasteiger partial charge >= 0.3 is 0 Å². The molecule has 2 N–H and O–H groups in total. The van der Waals surface area contributed by atoms with Crippen LogP contribution in [0.4, 0.5) is 5.82 Å². The molecule has 34 heavy (non-hydrogen) atoms.